The van der Waals surface area contributed by atoms with Gasteiger partial charge in [0, 0.05) is 24.4 Å². The molecule has 0 saturated heterocycles. The molecule has 3 aromatic rings. The van der Waals surface area contributed by atoms with Crippen LogP contribution in [0.5, 0.6) is 0 Å². The van der Waals surface area contributed by atoms with E-state index in [4.69, 9.17) is 0 Å². The van der Waals surface area contributed by atoms with E-state index in [0.29, 0.717) is 12.5 Å². The predicted octanol–water partition coefficient (Wildman–Crippen LogP) is 5.20. The van der Waals surface area contributed by atoms with Crippen LogP contribution < -0.4 is 5.32 Å². The van der Waals surface area contributed by atoms with Crippen molar-refractivity contribution in [2.24, 2.45) is 0 Å². The van der Waals surface area contributed by atoms with Gasteiger partial charge in [0.1, 0.15) is 0 Å². The van der Waals surface area contributed by atoms with Gasteiger partial charge in [-0.05, 0) is 60.4 Å². The van der Waals surface area contributed by atoms with Crippen LogP contribution in [-0.4, -0.2) is 17.4 Å². The molecule has 3 heteroatoms. The molecule has 1 aromatic heterocycles. The summed E-state index contributed by atoms with van der Waals surface area (Å²) in [5.74, 6) is 0.412. The van der Waals surface area contributed by atoms with E-state index in [1.165, 1.54) is 16.7 Å². The van der Waals surface area contributed by atoms with Gasteiger partial charge in [0.2, 0.25) is 5.91 Å². The van der Waals surface area contributed by atoms with Gasteiger partial charge in [-0.2, -0.15) is 0 Å². The van der Waals surface area contributed by atoms with Crippen molar-refractivity contribution in [1.29, 1.82) is 0 Å². The average Bonchev–Trinajstić information content (AvgIpc) is 3.55. The van der Waals surface area contributed by atoms with Crippen molar-refractivity contribution in [3.63, 3.8) is 0 Å². The molecule has 1 heterocycles. The highest BCUT2D eigenvalue weighted by Gasteiger charge is 2.53. The molecule has 1 N–H and O–H groups in total. The minimum atomic E-state index is -0.0831. The SMILES string of the molecule is O=C(/C=C/[C@]1(c2ccccc2)C[C@H]1c1ccccc1)NCCCCc1cccnc1. The van der Waals surface area contributed by atoms with E-state index in [0.717, 1.165) is 25.7 Å². The number of nitrogens with one attached hydrogen (secondary N) is 1. The van der Waals surface area contributed by atoms with Crippen LogP contribution >= 0.6 is 0 Å². The van der Waals surface area contributed by atoms with Crippen molar-refractivity contribution in [2.45, 2.75) is 37.0 Å². The van der Waals surface area contributed by atoms with Crippen LogP contribution in [0.15, 0.2) is 97.3 Å². The third-order valence-electron chi connectivity index (χ3n) is 5.96. The standard InChI is InChI=1S/C27H28N2O/c30-26(29-19-8-7-10-22-11-9-18-28-21-22)16-17-27(24-14-5-2-6-15-24)20-25(27)23-12-3-1-4-13-23/h1-6,9,11-18,21,25H,7-8,10,19-20H2,(H,29,30)/b17-16+/t25-,27+/m0/s1. The molecule has 3 nitrogen and oxygen atoms in total. The van der Waals surface area contributed by atoms with Gasteiger partial charge in [-0.25, -0.2) is 0 Å². The van der Waals surface area contributed by atoms with Crippen LogP contribution in [0.4, 0.5) is 0 Å². The summed E-state index contributed by atoms with van der Waals surface area (Å²) in [6, 6.07) is 25.2. The first-order valence-corrected chi connectivity index (χ1v) is 10.7. The van der Waals surface area contributed by atoms with Gasteiger partial charge in [0.05, 0.1) is 0 Å². The number of carbonyl (C=O) groups is 1. The van der Waals surface area contributed by atoms with Gasteiger partial charge in [-0.3, -0.25) is 9.78 Å². The molecule has 0 radical (unpaired) electrons. The number of unbranched alkanes of at least 4 members (excludes halogenated alkanes) is 1. The lowest BCUT2D eigenvalue weighted by Crippen LogP contribution is -2.22. The maximum Gasteiger partial charge on any atom is 0.243 e. The van der Waals surface area contributed by atoms with Gasteiger partial charge in [-0.1, -0.05) is 72.8 Å². The smallest absolute Gasteiger partial charge is 0.243 e. The number of benzene rings is 2. The van der Waals surface area contributed by atoms with E-state index in [2.05, 4.69) is 71.0 Å². The van der Waals surface area contributed by atoms with Crippen molar-refractivity contribution in [2.75, 3.05) is 6.54 Å². The number of allylic oxidation sites excluding steroid dienone is 1. The molecule has 0 bridgehead atoms. The van der Waals surface area contributed by atoms with Gasteiger partial charge >= 0.3 is 0 Å². The quantitative estimate of drug-likeness (QED) is 0.399. The molecular weight excluding hydrogens is 368 g/mol. The van der Waals surface area contributed by atoms with E-state index < -0.39 is 0 Å². The minimum absolute atomic E-state index is 0.00889. The number of carbonyl (C=O) groups excluding carboxylic acids is 1. The monoisotopic (exact) mass is 396 g/mol. The molecule has 1 aliphatic rings. The molecule has 30 heavy (non-hydrogen) atoms. The van der Waals surface area contributed by atoms with Crippen LogP contribution in [0.25, 0.3) is 0 Å². The topological polar surface area (TPSA) is 42.0 Å². The largest absolute Gasteiger partial charge is 0.353 e. The Morgan fingerprint density at radius 1 is 1.00 bits per heavy atom. The van der Waals surface area contributed by atoms with E-state index >= 15 is 0 Å². The van der Waals surface area contributed by atoms with Crippen molar-refractivity contribution >= 4 is 5.91 Å². The van der Waals surface area contributed by atoms with Crippen molar-refractivity contribution in [3.8, 4) is 0 Å². The molecule has 1 saturated carbocycles. The van der Waals surface area contributed by atoms with Crippen molar-refractivity contribution in [1.82, 2.24) is 10.3 Å². The van der Waals surface area contributed by atoms with Crippen LogP contribution in [0.2, 0.25) is 0 Å². The van der Waals surface area contributed by atoms with E-state index in [-0.39, 0.29) is 11.3 Å². The Labute approximate surface area is 178 Å². The molecule has 2 atom stereocenters. The van der Waals surface area contributed by atoms with E-state index in [1.54, 1.807) is 12.3 Å². The highest BCUT2D eigenvalue weighted by atomic mass is 16.1. The molecule has 1 amide bonds. The Kier molecular flexibility index (Phi) is 6.38. The number of aryl methyl sites for hydroxylation is 1. The number of nitrogens with zero attached hydrogens (tertiary/aromatic N) is 1. The highest BCUT2D eigenvalue weighted by molar-refractivity contribution is 5.88. The molecule has 2 aromatic carbocycles. The molecule has 1 aliphatic carbocycles. The van der Waals surface area contributed by atoms with E-state index in [1.807, 2.05) is 24.4 Å². The second kappa shape index (κ2) is 9.53. The molecule has 152 valence electrons. The Hall–Kier alpha value is -3.20. The first kappa shape index (κ1) is 20.1. The number of pyridine rings is 1. The van der Waals surface area contributed by atoms with Gasteiger partial charge in [0.15, 0.2) is 0 Å². The highest BCUT2D eigenvalue weighted by Crippen LogP contribution is 2.61. The zero-order valence-corrected chi connectivity index (χ0v) is 17.2. The van der Waals surface area contributed by atoms with Gasteiger partial charge < -0.3 is 5.32 Å². The zero-order chi connectivity index (χ0) is 20.7. The number of rotatable bonds is 9. The lowest BCUT2D eigenvalue weighted by molar-refractivity contribution is -0.116. The van der Waals surface area contributed by atoms with Crippen LogP contribution in [0, 0.1) is 0 Å². The summed E-state index contributed by atoms with van der Waals surface area (Å²) < 4.78 is 0. The molecule has 0 spiro atoms. The Morgan fingerprint density at radius 2 is 1.77 bits per heavy atom. The number of hydrogen-bond acceptors (Lipinski definition) is 2. The zero-order valence-electron chi connectivity index (χ0n) is 17.2. The first-order chi connectivity index (χ1) is 14.8. The molecule has 4 rings (SSSR count). The summed E-state index contributed by atoms with van der Waals surface area (Å²) in [6.45, 7) is 0.698. The lowest BCUT2D eigenvalue weighted by atomic mass is 9.90. The van der Waals surface area contributed by atoms with Gasteiger partial charge in [-0.15, -0.1) is 0 Å². The summed E-state index contributed by atoms with van der Waals surface area (Å²) >= 11 is 0. The third-order valence-corrected chi connectivity index (χ3v) is 5.96. The summed E-state index contributed by atoms with van der Waals surface area (Å²) in [5, 5.41) is 3.03. The third kappa shape index (κ3) is 4.85. The van der Waals surface area contributed by atoms with Crippen LogP contribution in [-0.2, 0) is 16.6 Å². The fraction of sp³-hybridized carbons (Fsp3) is 0.259. The maximum atomic E-state index is 12.4. The fourth-order valence-electron chi connectivity index (χ4n) is 4.22. The van der Waals surface area contributed by atoms with E-state index in [9.17, 15) is 4.79 Å². The van der Waals surface area contributed by atoms with Crippen LogP contribution in [0.1, 0.15) is 41.9 Å². The molecule has 0 unspecified atom stereocenters. The maximum absolute atomic E-state index is 12.4. The van der Waals surface area contributed by atoms with Crippen molar-refractivity contribution in [3.05, 3.63) is 114 Å². The second-order valence-electron chi connectivity index (χ2n) is 8.02. The molecular formula is C27H28N2O. The number of hydrogen-bond donors (Lipinski definition) is 1. The normalized spacial score (nSPS) is 20.2. The van der Waals surface area contributed by atoms with Crippen LogP contribution in [0.3, 0.4) is 0 Å². The Morgan fingerprint density at radius 3 is 2.50 bits per heavy atom. The number of amides is 1. The molecule has 1 fully saturated rings. The summed E-state index contributed by atoms with van der Waals surface area (Å²) in [7, 11) is 0. The Bertz CT molecular complexity index is 970. The Balaban J connectivity index is 1.32. The summed E-state index contributed by atoms with van der Waals surface area (Å²) in [4.78, 5) is 16.6. The van der Waals surface area contributed by atoms with Crippen molar-refractivity contribution < 1.29 is 4.79 Å². The second-order valence-corrected chi connectivity index (χ2v) is 8.02. The predicted molar refractivity (Wildman–Crippen MR) is 121 cm³/mol. The lowest BCUT2D eigenvalue weighted by Gasteiger charge is -2.14. The summed E-state index contributed by atoms with van der Waals surface area (Å²) in [5.41, 5.74) is 3.77. The average molecular weight is 397 g/mol. The summed E-state index contributed by atoms with van der Waals surface area (Å²) in [6.07, 6.45) is 11.6. The molecule has 0 aliphatic heterocycles. The number of aromatic nitrogens is 1. The fourth-order valence-corrected chi connectivity index (χ4v) is 4.22. The first-order valence-electron chi connectivity index (χ1n) is 10.7. The van der Waals surface area contributed by atoms with Gasteiger partial charge in [0.25, 0.3) is 0 Å². The minimum Gasteiger partial charge on any atom is -0.353 e.